The van der Waals surface area contributed by atoms with Crippen molar-refractivity contribution in [2.75, 3.05) is 20.8 Å². The van der Waals surface area contributed by atoms with Crippen LogP contribution in [0, 0.1) is 179 Å². The molecule has 19 nitrogen and oxygen atoms in total. The summed E-state index contributed by atoms with van der Waals surface area (Å²) < 4.78 is 22.2. The van der Waals surface area contributed by atoms with E-state index in [1.54, 1.807) is 7.11 Å². The number of hydrogen-bond donors (Lipinski definition) is 2. The number of hydrogen-bond acceptors (Lipinski definition) is 17. The minimum absolute atomic E-state index is 0.0142. The van der Waals surface area contributed by atoms with Crippen molar-refractivity contribution in [1.82, 2.24) is 21.0 Å². The zero-order valence-corrected chi connectivity index (χ0v) is 77.2. The Morgan fingerprint density at radius 2 is 0.800 bits per heavy atom. The number of carbonyl (C=O) groups excluding carboxylic acids is 9. The van der Waals surface area contributed by atoms with Crippen molar-refractivity contribution in [2.45, 2.75) is 300 Å². The number of amides is 2. The molecule has 1 aromatic rings. The lowest BCUT2D eigenvalue weighted by molar-refractivity contribution is -0.179. The van der Waals surface area contributed by atoms with Crippen LogP contribution in [-0.4, -0.2) is 82.8 Å². The molecular formula is C100H136ClN7O12. The zero-order valence-electron chi connectivity index (χ0n) is 77.4. The molecule has 9 fully saturated rings. The number of aromatic nitrogens is 2. The number of halogens is 1. The number of nitriles is 3. The number of fused-ring (bicyclic) bond motifs is 21. The number of carbonyl (C=O) groups is 9. The number of methoxy groups -OCH3 is 2. The Bertz CT molecular complexity index is 4930. The predicted octanol–water partition coefficient (Wildman–Crippen LogP) is 19.3. The molecule has 650 valence electrons. The molecule has 15 aliphatic carbocycles. The van der Waals surface area contributed by atoms with Gasteiger partial charge in [-0.1, -0.05) is 188 Å². The van der Waals surface area contributed by atoms with Crippen LogP contribution in [0.1, 0.15) is 301 Å². The zero-order chi connectivity index (χ0) is 89.6. The second-order valence-corrected chi connectivity index (χ2v) is 46.7. The summed E-state index contributed by atoms with van der Waals surface area (Å²) >= 11 is 6.36. The molecule has 16 rings (SSSR count). The van der Waals surface area contributed by atoms with Gasteiger partial charge in [0.1, 0.15) is 31.4 Å². The number of Topliss-reactive ketones (excluding diaryl/α,β-unsaturated/α-hetero) is 3. The molecule has 120 heavy (non-hydrogen) atoms. The molecule has 21 atom stereocenters. The molecular weight excluding hydrogens is 1530 g/mol. The highest BCUT2D eigenvalue weighted by Gasteiger charge is 2.76. The summed E-state index contributed by atoms with van der Waals surface area (Å²) in [5.41, 5.74) is 1.98. The Hall–Kier alpha value is -7.11. The SMILES string of the molecule is CC1(C)CC[C@]2(C(=O)Cl)CC[C@]3(C)[C@H](C(=O)C=C4[C@@]5(C)C=C(C#N)C(=O)C(C)(C)[C@@H]5CC[C@]43C)[C@@H]2C1.COCC(=O)NNC(=O)[C@]12CCC(C)(C)C[C@H]1[C@H]1C(=O)C=C3[C@@]4(C)C=C(C#N)C(=O)C(C)(C)[C@@H]4CC[C@@]3(C)[C@]1(C)CC2.COCc1nnc([C@]23CCC(C)(C)C[C@H]2[C@H]2C(=O)C=C4[C@@]5(C)C=C(C#N)C(=O)C(C)(C)[C@@H]5CC[C@@]4(C)[C@]2(C)CC3)o1.[3H]C. The number of ether oxygens (including phenoxy) is 2. The lowest BCUT2D eigenvalue weighted by Crippen LogP contribution is -2.67. The number of ketones is 6. The van der Waals surface area contributed by atoms with Gasteiger partial charge >= 0.3 is 0 Å². The first-order valence-electron chi connectivity index (χ1n) is 45.5. The summed E-state index contributed by atoms with van der Waals surface area (Å²) in [4.78, 5) is 122. The third-order valence-corrected chi connectivity index (χ3v) is 38.6. The average Bonchev–Trinajstić information content (AvgIpc) is 0.960. The first-order valence-corrected chi connectivity index (χ1v) is 44.8. The molecule has 0 radical (unpaired) electrons. The molecule has 0 aromatic carbocycles. The fraction of sp³-hybridized carbons (Fsp3) is 0.740. The van der Waals surface area contributed by atoms with Crippen LogP contribution in [0.5, 0.6) is 0 Å². The van der Waals surface area contributed by atoms with Crippen molar-refractivity contribution in [2.24, 2.45) is 145 Å². The van der Waals surface area contributed by atoms with Crippen LogP contribution in [0.4, 0.5) is 0 Å². The molecule has 1 aromatic heterocycles. The van der Waals surface area contributed by atoms with Crippen molar-refractivity contribution < 1.29 is 58.4 Å². The third-order valence-electron chi connectivity index (χ3n) is 38.2. The van der Waals surface area contributed by atoms with Gasteiger partial charge in [-0.15, -0.1) is 10.2 Å². The van der Waals surface area contributed by atoms with E-state index in [9.17, 15) is 58.9 Å². The van der Waals surface area contributed by atoms with Gasteiger partial charge in [-0.25, -0.2) is 0 Å². The van der Waals surface area contributed by atoms with Crippen LogP contribution in [0.15, 0.2) is 74.3 Å². The highest BCUT2D eigenvalue weighted by atomic mass is 35.5. The van der Waals surface area contributed by atoms with E-state index in [1.165, 1.54) is 14.5 Å². The Balaban J connectivity index is 0.000000155. The molecule has 0 unspecified atom stereocenters. The van der Waals surface area contributed by atoms with E-state index in [-0.39, 0.29) is 178 Å². The van der Waals surface area contributed by atoms with E-state index in [2.05, 4.69) is 143 Å². The lowest BCUT2D eigenvalue weighted by Gasteiger charge is -2.69. The van der Waals surface area contributed by atoms with Crippen LogP contribution in [0.25, 0.3) is 0 Å². The summed E-state index contributed by atoms with van der Waals surface area (Å²) in [6.45, 7) is 45.8. The minimum Gasteiger partial charge on any atom is -0.422 e. The van der Waals surface area contributed by atoms with Crippen LogP contribution in [0.2, 0.25) is 0 Å². The number of hydrazine groups is 1. The first-order chi connectivity index (χ1) is 56.0. The van der Waals surface area contributed by atoms with E-state index >= 15 is 0 Å². The summed E-state index contributed by atoms with van der Waals surface area (Å²) in [6.07, 6.45) is 28.9. The van der Waals surface area contributed by atoms with E-state index in [4.69, 9.17) is 26.9 Å². The van der Waals surface area contributed by atoms with E-state index < -0.39 is 54.6 Å². The predicted molar refractivity (Wildman–Crippen MR) is 457 cm³/mol. The van der Waals surface area contributed by atoms with Gasteiger partial charge in [0, 0.05) is 71.2 Å². The van der Waals surface area contributed by atoms with Crippen molar-refractivity contribution in [3.05, 3.63) is 81.7 Å². The molecule has 20 heteroatoms. The topological polar surface area (TPSA) is 306 Å². The van der Waals surface area contributed by atoms with E-state index in [0.717, 1.165) is 132 Å². The van der Waals surface area contributed by atoms with Crippen molar-refractivity contribution in [3.63, 3.8) is 0 Å². The Labute approximate surface area is 720 Å². The molecule has 0 spiro atoms. The quantitative estimate of drug-likeness (QED) is 0.189. The van der Waals surface area contributed by atoms with Gasteiger partial charge < -0.3 is 13.9 Å². The van der Waals surface area contributed by atoms with Gasteiger partial charge in [0.2, 0.25) is 22.9 Å². The maximum atomic E-state index is 14.7. The normalized spacial score (nSPS) is 43.1. The highest BCUT2D eigenvalue weighted by Crippen LogP contribution is 2.79. The second-order valence-electron chi connectivity index (χ2n) is 46.4. The van der Waals surface area contributed by atoms with Gasteiger partial charge in [0.05, 0.1) is 27.5 Å². The standard InChI is InChI=1S/C34H47N3O5.C34H45N3O4.C31H40ClNO3.CH4/c1-29(2)11-13-34(28(41)37-36-25(39)19-42-8)14-12-33(7)26(21(34)17-29)22(38)15-24-31(5)16-20(18-35)27(40)30(3,4)23(31)9-10-32(24,33)6;1-29(2)11-13-34(28-37-36-25(41-28)19-40-8)14-12-33(7)26(21(34)17-29)22(38)15-24-31(5)16-20(18-35)27(39)30(3,4)23(31)9-10-32(24,33)6;1-26(2)10-12-31(25(32)36)13-11-30(7)23(19(31)16-26)20(34)14-22-28(5)15-18(17-33)24(35)27(3,4)21(28)8-9-29(22,30)6;/h15-16,21,23,26H,9-14,17,19H2,1-8H3,(H,36,39)(H,37,41);15-16,21,23,26H,9-14,17,19H2,1-8H3;14-15,19,21,23H,8-13,16H2,1-7H3;1H4/t2*21-,23-,26-,31-,32+,33+,34-;19-,21-,23-,28-,29+,30+,31-;/m000./s1/i;;;1T. The van der Waals surface area contributed by atoms with Crippen molar-refractivity contribution >= 4 is 63.4 Å². The largest absolute Gasteiger partial charge is 0.422 e. The fourth-order valence-electron chi connectivity index (χ4n) is 31.1. The van der Waals surface area contributed by atoms with Crippen molar-refractivity contribution in [1.29, 1.82) is 15.8 Å². The molecule has 9 saturated carbocycles. The Morgan fingerprint density at radius 1 is 0.467 bits per heavy atom. The van der Waals surface area contributed by atoms with Crippen LogP contribution in [-0.2, 0) is 64.6 Å². The Morgan fingerprint density at radius 3 is 1.18 bits per heavy atom. The maximum absolute atomic E-state index is 14.7. The van der Waals surface area contributed by atoms with E-state index in [1.807, 2.05) is 78.0 Å². The highest BCUT2D eigenvalue weighted by molar-refractivity contribution is 6.64. The van der Waals surface area contributed by atoms with E-state index in [0.29, 0.717) is 31.0 Å². The lowest BCUT2D eigenvalue weighted by atomic mass is 9.34. The number of nitrogens with zero attached hydrogens (tertiary/aromatic N) is 5. The molecule has 2 N–H and O–H groups in total. The summed E-state index contributed by atoms with van der Waals surface area (Å²) in [7, 11) is 4.30. The smallest absolute Gasteiger partial charge is 0.264 e. The maximum Gasteiger partial charge on any atom is 0.264 e. The monoisotopic (exact) mass is 1660 g/mol. The molecule has 0 bridgehead atoms. The number of nitrogens with one attached hydrogen (secondary N) is 2. The van der Waals surface area contributed by atoms with Crippen LogP contribution < -0.4 is 10.9 Å². The van der Waals surface area contributed by atoms with Gasteiger partial charge in [0.15, 0.2) is 34.7 Å². The van der Waals surface area contributed by atoms with Gasteiger partial charge in [-0.3, -0.25) is 54.0 Å². The van der Waals surface area contributed by atoms with Crippen LogP contribution in [0.3, 0.4) is 0 Å². The second kappa shape index (κ2) is 29.0. The van der Waals surface area contributed by atoms with Gasteiger partial charge in [-0.2, -0.15) is 15.8 Å². The summed E-state index contributed by atoms with van der Waals surface area (Å²) in [5.74, 6) is -0.270. The van der Waals surface area contributed by atoms with Crippen molar-refractivity contribution in [3.8, 4) is 18.2 Å². The number of rotatable bonds is 7. The van der Waals surface area contributed by atoms with Gasteiger partial charge in [0.25, 0.3) is 5.91 Å². The Kier molecular flexibility index (Phi) is 21.5. The minimum atomic E-state index is -0.758. The summed E-state index contributed by atoms with van der Waals surface area (Å²) in [5, 5.41) is 38.3. The fourth-order valence-corrected chi connectivity index (χ4v) is 31.4. The number of allylic oxidation sites excluding steroid dienone is 12. The molecule has 2 amide bonds. The molecule has 1 heterocycles. The molecule has 0 aliphatic heterocycles. The van der Waals surface area contributed by atoms with Crippen LogP contribution >= 0.6 is 11.6 Å². The summed E-state index contributed by atoms with van der Waals surface area (Å²) in [6, 6.07) is 6.52. The molecule has 0 saturated heterocycles. The molecule has 15 aliphatic rings. The third kappa shape index (κ3) is 12.5. The van der Waals surface area contributed by atoms with Gasteiger partial charge in [-0.05, 0) is 249 Å². The first kappa shape index (κ1) is 89.2. The average molecular weight is 1670 g/mol.